The van der Waals surface area contributed by atoms with Gasteiger partial charge in [-0.05, 0) is 38.1 Å². The number of hydrogen-bond acceptors (Lipinski definition) is 9. The lowest BCUT2D eigenvalue weighted by atomic mass is 9.92. The molecule has 1 aliphatic rings. The van der Waals surface area contributed by atoms with Gasteiger partial charge in [0.1, 0.15) is 11.0 Å². The molecule has 32 heavy (non-hydrogen) atoms. The summed E-state index contributed by atoms with van der Waals surface area (Å²) in [6.45, 7) is 3.21. The summed E-state index contributed by atoms with van der Waals surface area (Å²) < 4.78 is 30.5. The maximum atomic E-state index is 13.8. The van der Waals surface area contributed by atoms with Crippen molar-refractivity contribution in [3.8, 4) is 11.3 Å². The SMILES string of the molecule is CCOP(=O)(OCC)c1c(-c2ccc([N+](=O)[O-])cc2)oc2c1C(=O)c1cccnc1C2=O. The Morgan fingerprint density at radius 3 is 2.28 bits per heavy atom. The van der Waals surface area contributed by atoms with Crippen molar-refractivity contribution in [3.05, 3.63) is 75.3 Å². The lowest BCUT2D eigenvalue weighted by Gasteiger charge is -2.19. The Hall–Kier alpha value is -3.46. The van der Waals surface area contributed by atoms with E-state index < -0.39 is 24.1 Å². The van der Waals surface area contributed by atoms with E-state index in [0.717, 1.165) is 0 Å². The van der Waals surface area contributed by atoms with Gasteiger partial charge in [-0.1, -0.05) is 0 Å². The van der Waals surface area contributed by atoms with Gasteiger partial charge >= 0.3 is 7.60 Å². The number of nitrogens with zero attached hydrogens (tertiary/aromatic N) is 2. The summed E-state index contributed by atoms with van der Waals surface area (Å²) in [5.74, 6) is -1.67. The van der Waals surface area contributed by atoms with Gasteiger partial charge in [-0.3, -0.25) is 29.3 Å². The van der Waals surface area contributed by atoms with E-state index in [9.17, 15) is 24.3 Å². The van der Waals surface area contributed by atoms with Crippen LogP contribution in [0.3, 0.4) is 0 Å². The first-order chi connectivity index (χ1) is 15.3. The average Bonchev–Trinajstić information content (AvgIpc) is 3.20. The Morgan fingerprint density at radius 1 is 1.03 bits per heavy atom. The summed E-state index contributed by atoms with van der Waals surface area (Å²) in [6.07, 6.45) is 1.38. The minimum Gasteiger partial charge on any atom is -0.451 e. The highest BCUT2D eigenvalue weighted by Gasteiger charge is 2.45. The van der Waals surface area contributed by atoms with Crippen LogP contribution in [0.15, 0.2) is 47.0 Å². The zero-order valence-corrected chi connectivity index (χ0v) is 18.0. The molecule has 0 amide bonds. The fraction of sp³-hybridized carbons (Fsp3) is 0.190. The first kappa shape index (κ1) is 21.8. The molecule has 2 heterocycles. The maximum absolute atomic E-state index is 13.8. The van der Waals surface area contributed by atoms with E-state index in [-0.39, 0.29) is 58.1 Å². The number of aromatic nitrogens is 1. The molecule has 0 fully saturated rings. The van der Waals surface area contributed by atoms with Gasteiger partial charge in [0.2, 0.25) is 5.78 Å². The molecule has 0 saturated heterocycles. The van der Waals surface area contributed by atoms with Crippen LogP contribution < -0.4 is 5.30 Å². The third-order valence-electron chi connectivity index (χ3n) is 4.80. The second kappa shape index (κ2) is 8.23. The van der Waals surface area contributed by atoms with E-state index in [2.05, 4.69) is 4.98 Å². The Balaban J connectivity index is 2.03. The van der Waals surface area contributed by atoms with Crippen LogP contribution in [0.2, 0.25) is 0 Å². The smallest absolute Gasteiger partial charge is 0.366 e. The van der Waals surface area contributed by atoms with Crippen molar-refractivity contribution in [2.24, 2.45) is 0 Å². The van der Waals surface area contributed by atoms with Crippen molar-refractivity contribution in [1.29, 1.82) is 0 Å². The standard InChI is InChI=1S/C21H17N2O8P/c1-3-29-32(28,30-4-2)21-15-17(24)14-6-5-11-22-16(14)18(25)20(15)31-19(21)12-7-9-13(10-8-12)23(26)27/h5-11H,3-4H2,1-2H3. The second-order valence-electron chi connectivity index (χ2n) is 6.68. The Morgan fingerprint density at radius 2 is 1.69 bits per heavy atom. The molecule has 11 heteroatoms. The van der Waals surface area contributed by atoms with Gasteiger partial charge in [0.25, 0.3) is 5.69 Å². The second-order valence-corrected chi connectivity index (χ2v) is 8.64. The van der Waals surface area contributed by atoms with Crippen LogP contribution >= 0.6 is 7.60 Å². The summed E-state index contributed by atoms with van der Waals surface area (Å²) in [4.78, 5) is 40.8. The van der Waals surface area contributed by atoms with Gasteiger partial charge in [0.15, 0.2) is 17.3 Å². The van der Waals surface area contributed by atoms with Gasteiger partial charge in [0, 0.05) is 23.9 Å². The van der Waals surface area contributed by atoms with Gasteiger partial charge in [-0.25, -0.2) is 0 Å². The lowest BCUT2D eigenvalue weighted by molar-refractivity contribution is -0.384. The van der Waals surface area contributed by atoms with Crippen LogP contribution in [0.4, 0.5) is 5.69 Å². The van der Waals surface area contributed by atoms with Crippen molar-refractivity contribution < 1.29 is 32.5 Å². The van der Waals surface area contributed by atoms with Crippen molar-refractivity contribution in [1.82, 2.24) is 4.98 Å². The number of benzene rings is 1. The van der Waals surface area contributed by atoms with Gasteiger partial charge in [-0.2, -0.15) is 0 Å². The maximum Gasteiger partial charge on any atom is 0.366 e. The molecule has 1 aliphatic carbocycles. The molecule has 164 valence electrons. The topological polar surface area (TPSA) is 139 Å². The predicted octanol–water partition coefficient (Wildman–Crippen LogP) is 3.92. The van der Waals surface area contributed by atoms with Crippen molar-refractivity contribution in [2.45, 2.75) is 13.8 Å². The highest BCUT2D eigenvalue weighted by molar-refractivity contribution is 7.62. The molecule has 3 aromatic rings. The zero-order chi connectivity index (χ0) is 23.0. The van der Waals surface area contributed by atoms with E-state index in [1.54, 1.807) is 13.8 Å². The number of rotatable bonds is 7. The summed E-state index contributed by atoms with van der Waals surface area (Å²) in [5.41, 5.74) is -0.162. The molecule has 0 spiro atoms. The fourth-order valence-corrected chi connectivity index (χ4v) is 5.42. The minimum absolute atomic E-state index is 0.00277. The van der Waals surface area contributed by atoms with Gasteiger partial charge in [-0.15, -0.1) is 0 Å². The number of furan rings is 1. The van der Waals surface area contributed by atoms with E-state index in [1.807, 2.05) is 0 Å². The van der Waals surface area contributed by atoms with Crippen molar-refractivity contribution in [3.63, 3.8) is 0 Å². The van der Waals surface area contributed by atoms with Crippen LogP contribution in [0, 0.1) is 10.1 Å². The van der Waals surface area contributed by atoms with Crippen molar-refractivity contribution in [2.75, 3.05) is 13.2 Å². The lowest BCUT2D eigenvalue weighted by Crippen LogP contribution is -2.26. The van der Waals surface area contributed by atoms with E-state index >= 15 is 0 Å². The molecule has 0 radical (unpaired) electrons. The summed E-state index contributed by atoms with van der Waals surface area (Å²) >= 11 is 0. The molecular weight excluding hydrogens is 439 g/mol. The van der Waals surface area contributed by atoms with Gasteiger partial charge < -0.3 is 13.5 Å². The number of pyridine rings is 1. The molecule has 0 unspecified atom stereocenters. The minimum atomic E-state index is -4.12. The quantitative estimate of drug-likeness (QED) is 0.230. The van der Waals surface area contributed by atoms with Crippen LogP contribution in [0.5, 0.6) is 0 Å². The normalized spacial score (nSPS) is 13.1. The number of ketones is 2. The number of carbonyl (C=O) groups is 2. The largest absolute Gasteiger partial charge is 0.451 e. The van der Waals surface area contributed by atoms with E-state index in [1.165, 1.54) is 42.6 Å². The van der Waals surface area contributed by atoms with E-state index in [4.69, 9.17) is 13.5 Å². The summed E-state index contributed by atoms with van der Waals surface area (Å²) in [6, 6.07) is 8.15. The highest BCUT2D eigenvalue weighted by atomic mass is 31.2. The molecule has 0 N–H and O–H groups in total. The molecule has 4 rings (SSSR count). The number of hydrogen-bond donors (Lipinski definition) is 0. The summed E-state index contributed by atoms with van der Waals surface area (Å²) in [7, 11) is -4.12. The fourth-order valence-electron chi connectivity index (χ4n) is 3.50. The first-order valence-electron chi connectivity index (χ1n) is 9.68. The molecular formula is C21H17N2O8P. The highest BCUT2D eigenvalue weighted by Crippen LogP contribution is 2.52. The van der Waals surface area contributed by atoms with Crippen LogP contribution in [0.1, 0.15) is 46.0 Å². The zero-order valence-electron chi connectivity index (χ0n) is 17.1. The van der Waals surface area contributed by atoms with Gasteiger partial charge in [0.05, 0.1) is 29.3 Å². The molecule has 1 aromatic carbocycles. The van der Waals surface area contributed by atoms with Crippen molar-refractivity contribution >= 4 is 30.2 Å². The molecule has 0 atom stereocenters. The number of nitro benzene ring substituents is 1. The molecule has 2 aromatic heterocycles. The molecule has 10 nitrogen and oxygen atoms in total. The van der Waals surface area contributed by atoms with Crippen LogP contribution in [0.25, 0.3) is 11.3 Å². The number of fused-ring (bicyclic) bond motifs is 2. The number of carbonyl (C=O) groups excluding carboxylic acids is 2. The molecule has 0 saturated carbocycles. The Labute approximate surface area is 181 Å². The number of non-ortho nitro benzene ring substituents is 1. The Bertz CT molecular complexity index is 1290. The monoisotopic (exact) mass is 456 g/mol. The molecule has 0 bridgehead atoms. The Kier molecular flexibility index (Phi) is 5.60. The van der Waals surface area contributed by atoms with E-state index in [0.29, 0.717) is 0 Å². The first-order valence-corrected chi connectivity index (χ1v) is 11.2. The number of nitro groups is 1. The third kappa shape index (κ3) is 3.38. The average molecular weight is 456 g/mol. The summed E-state index contributed by atoms with van der Waals surface area (Å²) in [5, 5.41) is 10.8. The third-order valence-corrected chi connectivity index (χ3v) is 6.97. The predicted molar refractivity (Wildman–Crippen MR) is 112 cm³/mol. The molecule has 0 aliphatic heterocycles. The van der Waals surface area contributed by atoms with Crippen LogP contribution in [-0.2, 0) is 13.6 Å². The van der Waals surface area contributed by atoms with Crippen LogP contribution in [-0.4, -0.2) is 34.7 Å².